The zero-order valence-electron chi connectivity index (χ0n) is 18.3. The van der Waals surface area contributed by atoms with E-state index in [0.717, 1.165) is 54.3 Å². The van der Waals surface area contributed by atoms with Crippen LogP contribution < -0.4 is 15.5 Å². The molecule has 1 saturated heterocycles. The molecular formula is C25H32N6. The molecule has 3 aromatic rings. The van der Waals surface area contributed by atoms with E-state index in [4.69, 9.17) is 4.98 Å². The molecule has 6 heteroatoms. The predicted molar refractivity (Wildman–Crippen MR) is 128 cm³/mol. The van der Waals surface area contributed by atoms with Crippen molar-refractivity contribution in [3.8, 4) is 11.3 Å². The maximum absolute atomic E-state index is 5.17. The van der Waals surface area contributed by atoms with Gasteiger partial charge in [-0.15, -0.1) is 0 Å². The molecule has 5 rings (SSSR count). The van der Waals surface area contributed by atoms with E-state index in [0.29, 0.717) is 12.1 Å². The number of pyridine rings is 3. The molecule has 1 aliphatic carbocycles. The number of nitrogens with one attached hydrogen (secondary N) is 2. The van der Waals surface area contributed by atoms with Crippen LogP contribution in [-0.2, 0) is 0 Å². The molecule has 0 unspecified atom stereocenters. The van der Waals surface area contributed by atoms with E-state index in [1.54, 1.807) is 0 Å². The lowest BCUT2D eigenvalue weighted by atomic mass is 9.95. The summed E-state index contributed by atoms with van der Waals surface area (Å²) in [7, 11) is 0. The fourth-order valence-electron chi connectivity index (χ4n) is 4.88. The fourth-order valence-corrected chi connectivity index (χ4v) is 4.88. The average Bonchev–Trinajstić information content (AvgIpc) is 2.84. The van der Waals surface area contributed by atoms with Crippen LogP contribution in [0.25, 0.3) is 22.0 Å². The van der Waals surface area contributed by atoms with Gasteiger partial charge in [0, 0.05) is 66.6 Å². The van der Waals surface area contributed by atoms with Gasteiger partial charge in [0.05, 0.1) is 5.69 Å². The number of aromatic nitrogens is 3. The van der Waals surface area contributed by atoms with Gasteiger partial charge in [0.1, 0.15) is 11.6 Å². The molecule has 2 fully saturated rings. The van der Waals surface area contributed by atoms with Crippen molar-refractivity contribution in [2.24, 2.45) is 0 Å². The third-order valence-corrected chi connectivity index (χ3v) is 6.67. The molecule has 162 valence electrons. The zero-order chi connectivity index (χ0) is 21.0. The minimum Gasteiger partial charge on any atom is -0.367 e. The molecule has 3 aromatic heterocycles. The van der Waals surface area contributed by atoms with Crippen molar-refractivity contribution in [2.75, 3.05) is 29.9 Å². The minimum atomic E-state index is 0.503. The van der Waals surface area contributed by atoms with Gasteiger partial charge in [-0.3, -0.25) is 4.98 Å². The smallest absolute Gasteiger partial charge is 0.137 e. The summed E-state index contributed by atoms with van der Waals surface area (Å²) >= 11 is 0. The van der Waals surface area contributed by atoms with Crippen LogP contribution in [0.15, 0.2) is 42.9 Å². The van der Waals surface area contributed by atoms with Crippen LogP contribution in [0, 0.1) is 0 Å². The van der Waals surface area contributed by atoms with E-state index in [1.807, 2.05) is 18.6 Å². The van der Waals surface area contributed by atoms with Crippen molar-refractivity contribution in [1.82, 2.24) is 20.3 Å². The van der Waals surface area contributed by atoms with Crippen LogP contribution >= 0.6 is 0 Å². The first-order chi connectivity index (χ1) is 15.3. The highest BCUT2D eigenvalue weighted by Crippen LogP contribution is 2.31. The van der Waals surface area contributed by atoms with Gasteiger partial charge in [-0.05, 0) is 43.5 Å². The minimum absolute atomic E-state index is 0.503. The SMILES string of the molecule is CC[C@@H]1CN(c2nc(-c3ccnc(NC4CCCCC4)c3)cc3cnccc23)CCN1. The molecule has 1 atom stereocenters. The molecule has 0 spiro atoms. The van der Waals surface area contributed by atoms with E-state index in [9.17, 15) is 0 Å². The van der Waals surface area contributed by atoms with Crippen LogP contribution in [-0.4, -0.2) is 46.7 Å². The first-order valence-corrected chi connectivity index (χ1v) is 11.8. The number of nitrogens with zero attached hydrogens (tertiary/aromatic N) is 4. The molecule has 0 aromatic carbocycles. The highest BCUT2D eigenvalue weighted by atomic mass is 15.2. The molecular weight excluding hydrogens is 384 g/mol. The van der Waals surface area contributed by atoms with Crippen molar-refractivity contribution in [3.63, 3.8) is 0 Å². The second kappa shape index (κ2) is 9.18. The molecule has 0 radical (unpaired) electrons. The van der Waals surface area contributed by atoms with Crippen LogP contribution in [0.5, 0.6) is 0 Å². The Balaban J connectivity index is 1.49. The number of hydrogen-bond donors (Lipinski definition) is 2. The average molecular weight is 417 g/mol. The third-order valence-electron chi connectivity index (χ3n) is 6.67. The van der Waals surface area contributed by atoms with Crippen LogP contribution in [0.1, 0.15) is 45.4 Å². The molecule has 4 heterocycles. The lowest BCUT2D eigenvalue weighted by Crippen LogP contribution is -2.50. The number of hydrogen-bond acceptors (Lipinski definition) is 6. The Morgan fingerprint density at radius 1 is 1.13 bits per heavy atom. The summed E-state index contributed by atoms with van der Waals surface area (Å²) in [5, 5.41) is 9.56. The Morgan fingerprint density at radius 2 is 2.03 bits per heavy atom. The summed E-state index contributed by atoms with van der Waals surface area (Å²) in [4.78, 5) is 16.6. The Hall–Kier alpha value is -2.73. The van der Waals surface area contributed by atoms with Gasteiger partial charge < -0.3 is 15.5 Å². The summed E-state index contributed by atoms with van der Waals surface area (Å²) in [5.41, 5.74) is 2.08. The zero-order valence-corrected chi connectivity index (χ0v) is 18.3. The van der Waals surface area contributed by atoms with E-state index < -0.39 is 0 Å². The number of fused-ring (bicyclic) bond motifs is 1. The standard InChI is InChI=1S/C25H32N6/c1-2-20-17-31(13-12-27-20)25-22-9-10-26-16-19(22)14-23(30-25)18-8-11-28-24(15-18)29-21-6-4-3-5-7-21/h8-11,14-16,20-21,27H,2-7,12-13,17H2,1H3,(H,28,29)/t20-/m1/s1. The first-order valence-electron chi connectivity index (χ1n) is 11.8. The lowest BCUT2D eigenvalue weighted by molar-refractivity contribution is 0.446. The van der Waals surface area contributed by atoms with Crippen molar-refractivity contribution >= 4 is 22.4 Å². The lowest BCUT2D eigenvalue weighted by Gasteiger charge is -2.35. The monoisotopic (exact) mass is 416 g/mol. The number of piperazine rings is 1. The van der Waals surface area contributed by atoms with Crippen molar-refractivity contribution in [2.45, 2.75) is 57.5 Å². The second-order valence-electron chi connectivity index (χ2n) is 8.84. The van der Waals surface area contributed by atoms with Gasteiger partial charge in [-0.2, -0.15) is 0 Å². The summed E-state index contributed by atoms with van der Waals surface area (Å²) in [6.45, 7) is 5.18. The van der Waals surface area contributed by atoms with Gasteiger partial charge in [0.25, 0.3) is 0 Å². The van der Waals surface area contributed by atoms with Gasteiger partial charge in [0.15, 0.2) is 0 Å². The number of anilines is 2. The molecule has 31 heavy (non-hydrogen) atoms. The highest BCUT2D eigenvalue weighted by molar-refractivity contribution is 5.94. The fraction of sp³-hybridized carbons (Fsp3) is 0.480. The maximum atomic E-state index is 5.17. The van der Waals surface area contributed by atoms with E-state index in [1.165, 1.54) is 37.5 Å². The quantitative estimate of drug-likeness (QED) is 0.632. The molecule has 0 amide bonds. The van der Waals surface area contributed by atoms with E-state index >= 15 is 0 Å². The second-order valence-corrected chi connectivity index (χ2v) is 8.84. The molecule has 0 bridgehead atoms. The van der Waals surface area contributed by atoms with Crippen LogP contribution in [0.3, 0.4) is 0 Å². The summed E-state index contributed by atoms with van der Waals surface area (Å²) < 4.78 is 0. The molecule has 2 aliphatic rings. The Labute approximate surface area is 184 Å². The first kappa shape index (κ1) is 20.2. The van der Waals surface area contributed by atoms with Gasteiger partial charge in [0.2, 0.25) is 0 Å². The highest BCUT2D eigenvalue weighted by Gasteiger charge is 2.22. The Bertz CT molecular complexity index is 1030. The Morgan fingerprint density at radius 3 is 2.90 bits per heavy atom. The third kappa shape index (κ3) is 4.49. The summed E-state index contributed by atoms with van der Waals surface area (Å²) in [6.07, 6.45) is 13.3. The van der Waals surface area contributed by atoms with Gasteiger partial charge >= 0.3 is 0 Å². The van der Waals surface area contributed by atoms with Gasteiger partial charge in [-0.25, -0.2) is 9.97 Å². The predicted octanol–water partition coefficient (Wildman–Crippen LogP) is 4.62. The van der Waals surface area contributed by atoms with E-state index in [-0.39, 0.29) is 0 Å². The van der Waals surface area contributed by atoms with Crippen molar-refractivity contribution in [1.29, 1.82) is 0 Å². The van der Waals surface area contributed by atoms with Crippen LogP contribution in [0.4, 0.5) is 11.6 Å². The van der Waals surface area contributed by atoms with Crippen molar-refractivity contribution in [3.05, 3.63) is 42.9 Å². The molecule has 1 saturated carbocycles. The number of rotatable bonds is 5. The molecule has 6 nitrogen and oxygen atoms in total. The Kier molecular flexibility index (Phi) is 5.98. The summed E-state index contributed by atoms with van der Waals surface area (Å²) in [5.74, 6) is 2.01. The van der Waals surface area contributed by atoms with Crippen LogP contribution in [0.2, 0.25) is 0 Å². The molecule has 2 N–H and O–H groups in total. The summed E-state index contributed by atoms with van der Waals surface area (Å²) in [6, 6.07) is 9.50. The largest absolute Gasteiger partial charge is 0.367 e. The normalized spacial score (nSPS) is 20.2. The van der Waals surface area contributed by atoms with Gasteiger partial charge in [-0.1, -0.05) is 26.2 Å². The van der Waals surface area contributed by atoms with Crippen molar-refractivity contribution < 1.29 is 0 Å². The molecule has 1 aliphatic heterocycles. The topological polar surface area (TPSA) is 66.0 Å². The maximum Gasteiger partial charge on any atom is 0.137 e. The van der Waals surface area contributed by atoms with E-state index in [2.05, 4.69) is 56.7 Å².